The van der Waals surface area contributed by atoms with Crippen LogP contribution in [0.5, 0.6) is 0 Å². The minimum Gasteiger partial charge on any atom is -0.363 e. The van der Waals surface area contributed by atoms with Crippen LogP contribution in [0.4, 0.5) is 5.82 Å². The Labute approximate surface area is 194 Å². The van der Waals surface area contributed by atoms with Crippen molar-refractivity contribution in [2.24, 2.45) is 0 Å². The number of aryl methyl sites for hydroxylation is 2. The minimum absolute atomic E-state index is 0.0305. The summed E-state index contributed by atoms with van der Waals surface area (Å²) in [6.45, 7) is 3.64. The molecule has 0 bridgehead atoms. The highest BCUT2D eigenvalue weighted by atomic mass is 16.2. The van der Waals surface area contributed by atoms with Crippen LogP contribution in [-0.2, 0) is 17.9 Å². The van der Waals surface area contributed by atoms with Gasteiger partial charge < -0.3 is 19.7 Å². The van der Waals surface area contributed by atoms with Crippen molar-refractivity contribution in [2.45, 2.75) is 45.3 Å². The Bertz CT molecular complexity index is 1210. The second kappa shape index (κ2) is 9.70. The summed E-state index contributed by atoms with van der Waals surface area (Å²) >= 11 is 0. The summed E-state index contributed by atoms with van der Waals surface area (Å²) < 4.78 is 1.69. The number of hydrogen-bond donors (Lipinski definition) is 1. The largest absolute Gasteiger partial charge is 0.363 e. The second-order valence-electron chi connectivity index (χ2n) is 8.95. The number of nitrogens with one attached hydrogen (secondary N) is 1. The molecule has 3 heterocycles. The summed E-state index contributed by atoms with van der Waals surface area (Å²) in [5.74, 6) is 1.59. The fourth-order valence-electron chi connectivity index (χ4n) is 4.34. The predicted octanol–water partition coefficient (Wildman–Crippen LogP) is 2.64. The zero-order valence-electron chi connectivity index (χ0n) is 19.8. The summed E-state index contributed by atoms with van der Waals surface area (Å²) in [4.78, 5) is 38.6. The highest BCUT2D eigenvalue weighted by Crippen LogP contribution is 2.23. The smallest absolute Gasteiger partial charge is 0.251 e. The predicted molar refractivity (Wildman–Crippen MR) is 130 cm³/mol. The average molecular weight is 449 g/mol. The van der Waals surface area contributed by atoms with Crippen LogP contribution in [0, 0.1) is 6.92 Å². The van der Waals surface area contributed by atoms with Crippen molar-refractivity contribution in [3.05, 3.63) is 63.8 Å². The molecule has 0 radical (unpaired) electrons. The first-order valence-corrected chi connectivity index (χ1v) is 11.4. The number of para-hydroxylation sites is 1. The standard InChI is InChI=1S/C25H32N6O2/c1-17-14-24(33)31(21-10-6-5-8-19(17)21)13-11-23(32)30(4)16-18-15-22(29(2)3)28-25(27-18)20-9-7-12-26-20/h5-6,8,10,14-15,20,26H,7,9,11-13,16H2,1-4H3/t20-/m1/s1. The zero-order chi connectivity index (χ0) is 23.5. The number of anilines is 1. The van der Waals surface area contributed by atoms with E-state index in [1.807, 2.05) is 56.3 Å². The van der Waals surface area contributed by atoms with Crippen molar-refractivity contribution in [3.8, 4) is 0 Å². The molecule has 0 spiro atoms. The summed E-state index contributed by atoms with van der Waals surface area (Å²) in [5, 5.41) is 4.48. The SMILES string of the molecule is Cc1cc(=O)n(CCC(=O)N(C)Cc2cc(N(C)C)nc([C@H]3CCCN3)n2)c2ccccc12. The Morgan fingerprint density at radius 2 is 1.97 bits per heavy atom. The van der Waals surface area contributed by atoms with Crippen LogP contribution in [0.15, 0.2) is 41.2 Å². The molecule has 0 saturated carbocycles. The molecule has 0 aliphatic carbocycles. The fourth-order valence-corrected chi connectivity index (χ4v) is 4.34. The van der Waals surface area contributed by atoms with Gasteiger partial charge in [0.15, 0.2) is 0 Å². The maximum absolute atomic E-state index is 12.9. The second-order valence-corrected chi connectivity index (χ2v) is 8.95. The number of carbonyl (C=O) groups is 1. The normalized spacial score (nSPS) is 15.7. The van der Waals surface area contributed by atoms with Gasteiger partial charge in [-0.15, -0.1) is 0 Å². The highest BCUT2D eigenvalue weighted by Gasteiger charge is 2.21. The molecule has 1 saturated heterocycles. The van der Waals surface area contributed by atoms with Crippen LogP contribution in [-0.4, -0.2) is 53.0 Å². The fraction of sp³-hybridized carbons (Fsp3) is 0.440. The molecular formula is C25H32N6O2. The molecule has 2 aromatic heterocycles. The minimum atomic E-state index is -0.0817. The highest BCUT2D eigenvalue weighted by molar-refractivity contribution is 5.82. The molecular weight excluding hydrogens is 416 g/mol. The molecule has 8 heteroatoms. The van der Waals surface area contributed by atoms with Gasteiger partial charge in [0.1, 0.15) is 11.6 Å². The van der Waals surface area contributed by atoms with Gasteiger partial charge in [-0.25, -0.2) is 9.97 Å². The van der Waals surface area contributed by atoms with E-state index in [9.17, 15) is 9.59 Å². The van der Waals surface area contributed by atoms with E-state index in [1.165, 1.54) is 0 Å². The lowest BCUT2D eigenvalue weighted by Gasteiger charge is -2.21. The maximum Gasteiger partial charge on any atom is 0.251 e. The summed E-state index contributed by atoms with van der Waals surface area (Å²) in [7, 11) is 5.69. The van der Waals surface area contributed by atoms with Crippen LogP contribution in [0.3, 0.4) is 0 Å². The molecule has 33 heavy (non-hydrogen) atoms. The third kappa shape index (κ3) is 5.06. The van der Waals surface area contributed by atoms with Crippen LogP contribution in [0.1, 0.15) is 42.4 Å². The van der Waals surface area contributed by atoms with E-state index >= 15 is 0 Å². The van der Waals surface area contributed by atoms with E-state index in [1.54, 1.807) is 22.6 Å². The summed E-state index contributed by atoms with van der Waals surface area (Å²) in [5.41, 5.74) is 2.54. The average Bonchev–Trinajstić information content (AvgIpc) is 3.33. The van der Waals surface area contributed by atoms with Gasteiger partial charge in [-0.1, -0.05) is 18.2 Å². The number of hydrogen-bond acceptors (Lipinski definition) is 6. The van der Waals surface area contributed by atoms with Crippen LogP contribution in [0.25, 0.3) is 10.9 Å². The Balaban J connectivity index is 1.49. The number of pyridine rings is 1. The molecule has 3 aromatic rings. The van der Waals surface area contributed by atoms with Gasteiger partial charge in [0, 0.05) is 51.6 Å². The molecule has 8 nitrogen and oxygen atoms in total. The lowest BCUT2D eigenvalue weighted by molar-refractivity contribution is -0.130. The molecule has 174 valence electrons. The van der Waals surface area contributed by atoms with E-state index in [2.05, 4.69) is 5.32 Å². The third-order valence-corrected chi connectivity index (χ3v) is 6.21. The first-order chi connectivity index (χ1) is 15.8. The summed E-state index contributed by atoms with van der Waals surface area (Å²) in [6.07, 6.45) is 2.37. The molecule has 1 fully saturated rings. The zero-order valence-corrected chi connectivity index (χ0v) is 19.8. The Morgan fingerprint density at radius 3 is 2.70 bits per heavy atom. The van der Waals surface area contributed by atoms with E-state index in [0.29, 0.717) is 13.1 Å². The van der Waals surface area contributed by atoms with E-state index < -0.39 is 0 Å². The quantitative estimate of drug-likeness (QED) is 0.598. The Hall–Kier alpha value is -3.26. The lowest BCUT2D eigenvalue weighted by Crippen LogP contribution is -2.30. The van der Waals surface area contributed by atoms with Crippen molar-refractivity contribution < 1.29 is 4.79 Å². The number of carbonyl (C=O) groups excluding carboxylic acids is 1. The molecule has 4 rings (SSSR count). The number of rotatable bonds is 7. The first-order valence-electron chi connectivity index (χ1n) is 11.4. The van der Waals surface area contributed by atoms with Crippen LogP contribution < -0.4 is 15.8 Å². The topological polar surface area (TPSA) is 83.4 Å². The molecule has 1 aliphatic rings. The van der Waals surface area contributed by atoms with Crippen molar-refractivity contribution in [3.63, 3.8) is 0 Å². The van der Waals surface area contributed by atoms with Crippen LogP contribution in [0.2, 0.25) is 0 Å². The molecule has 1 aliphatic heterocycles. The number of amides is 1. The first kappa shape index (κ1) is 22.9. The van der Waals surface area contributed by atoms with Gasteiger partial charge in [0.05, 0.1) is 23.8 Å². The van der Waals surface area contributed by atoms with Gasteiger partial charge >= 0.3 is 0 Å². The monoisotopic (exact) mass is 448 g/mol. The van der Waals surface area contributed by atoms with Gasteiger partial charge in [-0.3, -0.25) is 9.59 Å². The van der Waals surface area contributed by atoms with Crippen molar-refractivity contribution >= 4 is 22.6 Å². The molecule has 0 unspecified atom stereocenters. The van der Waals surface area contributed by atoms with Crippen molar-refractivity contribution in [2.75, 3.05) is 32.6 Å². The number of aromatic nitrogens is 3. The van der Waals surface area contributed by atoms with Crippen molar-refractivity contribution in [1.29, 1.82) is 0 Å². The summed E-state index contributed by atoms with van der Waals surface area (Å²) in [6, 6.07) is 11.5. The van der Waals surface area contributed by atoms with Gasteiger partial charge in [-0.05, 0) is 37.9 Å². The Kier molecular flexibility index (Phi) is 6.74. The van der Waals surface area contributed by atoms with Crippen molar-refractivity contribution in [1.82, 2.24) is 24.8 Å². The van der Waals surface area contributed by atoms with Gasteiger partial charge in [0.25, 0.3) is 5.56 Å². The van der Waals surface area contributed by atoms with Gasteiger partial charge in [0.2, 0.25) is 5.91 Å². The Morgan fingerprint density at radius 1 is 1.18 bits per heavy atom. The van der Waals surface area contributed by atoms with E-state index in [0.717, 1.165) is 53.2 Å². The molecule has 1 atom stereocenters. The van der Waals surface area contributed by atoms with Crippen LogP contribution >= 0.6 is 0 Å². The third-order valence-electron chi connectivity index (χ3n) is 6.21. The lowest BCUT2D eigenvalue weighted by atomic mass is 10.1. The number of fused-ring (bicyclic) bond motifs is 1. The van der Waals surface area contributed by atoms with E-state index in [4.69, 9.17) is 9.97 Å². The van der Waals surface area contributed by atoms with E-state index in [-0.39, 0.29) is 23.9 Å². The number of benzene rings is 1. The molecule has 1 N–H and O–H groups in total. The number of nitrogens with zero attached hydrogens (tertiary/aromatic N) is 5. The maximum atomic E-state index is 12.9. The molecule has 1 aromatic carbocycles. The van der Waals surface area contributed by atoms with Gasteiger partial charge in [-0.2, -0.15) is 0 Å². The molecule has 1 amide bonds.